The number of anilines is 1. The average Bonchev–Trinajstić information content (AvgIpc) is 2.68. The predicted molar refractivity (Wildman–Crippen MR) is 107 cm³/mol. The van der Waals surface area contributed by atoms with Gasteiger partial charge < -0.3 is 9.32 Å². The lowest BCUT2D eigenvalue weighted by Crippen LogP contribution is -2.21. The van der Waals surface area contributed by atoms with Crippen molar-refractivity contribution in [2.45, 2.75) is 18.7 Å². The zero-order valence-electron chi connectivity index (χ0n) is 15.5. The molecule has 1 heterocycles. The molecule has 0 atom stereocenters. The van der Waals surface area contributed by atoms with Gasteiger partial charge in [-0.3, -0.25) is 9.35 Å². The third-order valence-electron chi connectivity index (χ3n) is 4.38. The molecular weight excluding hydrogens is 380 g/mol. The number of carbonyl (C=O) groups excluding carboxylic acids is 1. The summed E-state index contributed by atoms with van der Waals surface area (Å²) in [6.07, 6.45) is 0.659. The van der Waals surface area contributed by atoms with Crippen molar-refractivity contribution in [1.29, 1.82) is 0 Å². The molecular formula is C20H20N2O5S. The van der Waals surface area contributed by atoms with E-state index in [1.54, 1.807) is 6.07 Å². The van der Waals surface area contributed by atoms with Crippen LogP contribution in [0.4, 0.5) is 11.4 Å². The lowest BCUT2D eigenvalue weighted by Gasteiger charge is -2.21. The molecule has 28 heavy (non-hydrogen) atoms. The van der Waals surface area contributed by atoms with Crippen LogP contribution >= 0.6 is 0 Å². The number of nitrogens with zero attached hydrogens (tertiary/aromatic N) is 2. The summed E-state index contributed by atoms with van der Waals surface area (Å²) in [7, 11) is -4.28. The second-order valence-electron chi connectivity index (χ2n) is 6.10. The molecule has 0 aliphatic heterocycles. The highest BCUT2D eigenvalue weighted by Gasteiger charge is 2.10. The molecule has 1 N–H and O–H groups in total. The number of fused-ring (bicyclic) bond motifs is 1. The van der Waals surface area contributed by atoms with Crippen molar-refractivity contribution in [3.8, 4) is 0 Å². The van der Waals surface area contributed by atoms with Crippen molar-refractivity contribution in [3.05, 3.63) is 59.6 Å². The van der Waals surface area contributed by atoms with Gasteiger partial charge >= 0.3 is 0 Å². The van der Waals surface area contributed by atoms with Gasteiger partial charge in [0.05, 0.1) is 16.1 Å². The van der Waals surface area contributed by atoms with Crippen molar-refractivity contribution in [2.24, 2.45) is 4.99 Å². The quantitative estimate of drug-likeness (QED) is 0.501. The maximum Gasteiger partial charge on any atom is 0.294 e. The van der Waals surface area contributed by atoms with Gasteiger partial charge in [0.2, 0.25) is 5.55 Å². The van der Waals surface area contributed by atoms with E-state index in [2.05, 4.69) is 23.7 Å². The van der Waals surface area contributed by atoms with E-state index in [9.17, 15) is 13.2 Å². The second-order valence-corrected chi connectivity index (χ2v) is 7.52. The van der Waals surface area contributed by atoms with Crippen LogP contribution in [-0.2, 0) is 10.1 Å². The summed E-state index contributed by atoms with van der Waals surface area (Å²) in [6, 6.07) is 12.8. The van der Waals surface area contributed by atoms with Gasteiger partial charge in [-0.2, -0.15) is 8.42 Å². The third kappa shape index (κ3) is 4.13. The minimum atomic E-state index is -4.28. The Kier molecular flexibility index (Phi) is 5.62. The van der Waals surface area contributed by atoms with Crippen LogP contribution < -0.4 is 10.5 Å². The van der Waals surface area contributed by atoms with E-state index in [0.29, 0.717) is 17.6 Å². The molecule has 2 aromatic carbocycles. The molecule has 1 aromatic heterocycles. The highest BCUT2D eigenvalue weighted by molar-refractivity contribution is 7.85. The molecule has 0 unspecified atom stereocenters. The van der Waals surface area contributed by atoms with Crippen molar-refractivity contribution in [1.82, 2.24) is 0 Å². The van der Waals surface area contributed by atoms with Crippen LogP contribution in [0.15, 0.2) is 62.8 Å². The number of carbonyl (C=O) groups is 1. The first-order chi connectivity index (χ1) is 13.4. The van der Waals surface area contributed by atoms with Crippen LogP contribution in [0.3, 0.4) is 0 Å². The van der Waals surface area contributed by atoms with Crippen LogP contribution in [0.2, 0.25) is 0 Å². The fraction of sp³-hybridized carbons (Fsp3) is 0.200. The van der Waals surface area contributed by atoms with E-state index >= 15 is 0 Å². The molecule has 0 bridgehead atoms. The van der Waals surface area contributed by atoms with Gasteiger partial charge in [0, 0.05) is 30.2 Å². The Bertz CT molecular complexity index is 1180. The van der Waals surface area contributed by atoms with E-state index < -0.39 is 10.1 Å². The van der Waals surface area contributed by atoms with Crippen molar-refractivity contribution in [2.75, 3.05) is 18.0 Å². The smallest absolute Gasteiger partial charge is 0.294 e. The summed E-state index contributed by atoms with van der Waals surface area (Å²) in [5, 5.41) is 0.777. The standard InChI is InChI=1S/C20H20N2O5S/c1-3-22(4-2)17-8-5-14-11-15(13-23)20(27-19(14)12-17)21-16-6-9-18(10-7-16)28(24,25)26/h5-13H,3-4H2,1-2H3,(H,24,25,26). The molecule has 0 saturated carbocycles. The number of hydrogen-bond acceptors (Lipinski definition) is 6. The lowest BCUT2D eigenvalue weighted by atomic mass is 10.1. The molecule has 7 nitrogen and oxygen atoms in total. The van der Waals surface area contributed by atoms with E-state index in [1.807, 2.05) is 18.2 Å². The average molecular weight is 400 g/mol. The van der Waals surface area contributed by atoms with E-state index in [-0.39, 0.29) is 16.0 Å². The lowest BCUT2D eigenvalue weighted by molar-refractivity contribution is 0.112. The van der Waals surface area contributed by atoms with Crippen molar-refractivity contribution >= 4 is 38.7 Å². The molecule has 146 valence electrons. The Morgan fingerprint density at radius 3 is 2.32 bits per heavy atom. The van der Waals surface area contributed by atoms with Gasteiger partial charge in [0.15, 0.2) is 6.29 Å². The summed E-state index contributed by atoms with van der Waals surface area (Å²) >= 11 is 0. The molecule has 0 amide bonds. The fourth-order valence-electron chi connectivity index (χ4n) is 2.89. The molecule has 3 rings (SSSR count). The van der Waals surface area contributed by atoms with Gasteiger partial charge in [-0.15, -0.1) is 0 Å². The summed E-state index contributed by atoms with van der Waals surface area (Å²) in [5.41, 5.74) is 2.38. The van der Waals surface area contributed by atoms with Crippen molar-refractivity contribution in [3.63, 3.8) is 0 Å². The Labute approximate surface area is 162 Å². The topological polar surface area (TPSA) is 100 Å². The van der Waals surface area contributed by atoms with E-state index in [0.717, 1.165) is 24.2 Å². The second kappa shape index (κ2) is 7.95. The highest BCUT2D eigenvalue weighted by atomic mass is 32.2. The SMILES string of the molecule is CCN(CC)c1ccc2cc(C=O)c(=Nc3ccc(S(=O)(=O)O)cc3)oc2c1. The fourth-order valence-corrected chi connectivity index (χ4v) is 3.37. The van der Waals surface area contributed by atoms with E-state index in [4.69, 9.17) is 8.97 Å². The Hall–Kier alpha value is -2.97. The first kappa shape index (κ1) is 19.8. The minimum absolute atomic E-state index is 0.124. The largest absolute Gasteiger partial charge is 0.438 e. The molecule has 0 aliphatic rings. The first-order valence-electron chi connectivity index (χ1n) is 8.76. The summed E-state index contributed by atoms with van der Waals surface area (Å²) in [6.45, 7) is 5.84. The van der Waals surface area contributed by atoms with Gasteiger partial charge in [-0.25, -0.2) is 4.99 Å². The van der Waals surface area contributed by atoms with Crippen LogP contribution in [0.5, 0.6) is 0 Å². The highest BCUT2D eigenvalue weighted by Crippen LogP contribution is 2.22. The van der Waals surface area contributed by atoms with Crippen LogP contribution in [0, 0.1) is 0 Å². The molecule has 0 radical (unpaired) electrons. The van der Waals surface area contributed by atoms with Crippen molar-refractivity contribution < 1.29 is 22.2 Å². The predicted octanol–water partition coefficient (Wildman–Crippen LogP) is 3.57. The number of rotatable bonds is 6. The maximum absolute atomic E-state index is 11.5. The zero-order valence-corrected chi connectivity index (χ0v) is 16.3. The summed E-state index contributed by atoms with van der Waals surface area (Å²) < 4.78 is 37.2. The molecule has 0 aliphatic carbocycles. The van der Waals surface area contributed by atoms with Gasteiger partial charge in [0.1, 0.15) is 5.58 Å². The number of benzene rings is 2. The Morgan fingerprint density at radius 2 is 1.75 bits per heavy atom. The Morgan fingerprint density at radius 1 is 1.07 bits per heavy atom. The number of hydrogen-bond donors (Lipinski definition) is 1. The van der Waals surface area contributed by atoms with Gasteiger partial charge in [0.25, 0.3) is 10.1 Å². The first-order valence-corrected chi connectivity index (χ1v) is 10.2. The summed E-state index contributed by atoms with van der Waals surface area (Å²) in [4.78, 5) is 17.7. The number of aldehydes is 1. The molecule has 0 spiro atoms. The molecule has 3 aromatic rings. The third-order valence-corrected chi connectivity index (χ3v) is 5.25. The monoisotopic (exact) mass is 400 g/mol. The molecule has 8 heteroatoms. The van der Waals surface area contributed by atoms with E-state index in [1.165, 1.54) is 24.3 Å². The zero-order chi connectivity index (χ0) is 20.3. The molecule has 0 saturated heterocycles. The maximum atomic E-state index is 11.5. The normalized spacial score (nSPS) is 12.3. The minimum Gasteiger partial charge on any atom is -0.438 e. The van der Waals surface area contributed by atoms with Crippen LogP contribution in [-0.4, -0.2) is 32.3 Å². The van der Waals surface area contributed by atoms with Crippen LogP contribution in [0.25, 0.3) is 11.0 Å². The molecule has 0 fully saturated rings. The Balaban J connectivity index is 2.13. The summed E-state index contributed by atoms with van der Waals surface area (Å²) in [5.74, 6) is 0. The van der Waals surface area contributed by atoms with Crippen LogP contribution in [0.1, 0.15) is 24.2 Å². The van der Waals surface area contributed by atoms with Gasteiger partial charge in [-0.1, -0.05) is 0 Å². The van der Waals surface area contributed by atoms with Gasteiger partial charge in [-0.05, 0) is 56.3 Å².